The highest BCUT2D eigenvalue weighted by molar-refractivity contribution is 7.81. The highest BCUT2D eigenvalue weighted by atomic mass is 32.3. The third-order valence-electron chi connectivity index (χ3n) is 0.514. The van der Waals surface area contributed by atoms with E-state index in [-0.39, 0.29) is 6.10 Å². The third-order valence-corrected chi connectivity index (χ3v) is 1.54. The van der Waals surface area contributed by atoms with Crippen LogP contribution in [0.1, 0.15) is 13.8 Å². The summed E-state index contributed by atoms with van der Waals surface area (Å²) in [6, 6.07) is 0. The zero-order valence-corrected chi connectivity index (χ0v) is 6.44. The van der Waals surface area contributed by atoms with Crippen LogP contribution in [0.25, 0.3) is 0 Å². The first-order chi connectivity index (χ1) is 3.98. The Morgan fingerprint density at radius 3 is 1.89 bits per heavy atom. The van der Waals surface area contributed by atoms with Gasteiger partial charge < -0.3 is 0 Å². The van der Waals surface area contributed by atoms with Gasteiger partial charge in [0, 0.05) is 0 Å². The van der Waals surface area contributed by atoms with Gasteiger partial charge in [0.05, 0.1) is 13.2 Å². The van der Waals surface area contributed by atoms with Gasteiger partial charge in [-0.2, -0.15) is 8.42 Å². The summed E-state index contributed by atoms with van der Waals surface area (Å²) in [5.74, 6) is 0. The molecule has 0 aromatic rings. The van der Waals surface area contributed by atoms with Gasteiger partial charge in [0.15, 0.2) is 0 Å². The zero-order chi connectivity index (χ0) is 7.49. The van der Waals surface area contributed by atoms with Crippen molar-refractivity contribution >= 4 is 10.4 Å². The van der Waals surface area contributed by atoms with Crippen LogP contribution < -0.4 is 0 Å². The molecule has 0 amide bonds. The molecule has 0 aromatic heterocycles. The van der Waals surface area contributed by atoms with Crippen LogP contribution in [0.4, 0.5) is 0 Å². The van der Waals surface area contributed by atoms with Gasteiger partial charge in [-0.15, -0.1) is 0 Å². The van der Waals surface area contributed by atoms with Crippen LogP contribution in [0, 0.1) is 0 Å². The van der Waals surface area contributed by atoms with Crippen molar-refractivity contribution in [3.8, 4) is 0 Å². The molecule has 5 heteroatoms. The molecule has 0 aliphatic heterocycles. The summed E-state index contributed by atoms with van der Waals surface area (Å²) in [5.41, 5.74) is 0. The Balaban J connectivity index is 3.90. The fraction of sp³-hybridized carbons (Fsp3) is 1.00. The molecule has 0 heterocycles. The van der Waals surface area contributed by atoms with Gasteiger partial charge in [0.1, 0.15) is 0 Å². The summed E-state index contributed by atoms with van der Waals surface area (Å²) < 4.78 is 29.1. The molecule has 0 radical (unpaired) electrons. The number of rotatable bonds is 3. The van der Waals surface area contributed by atoms with Crippen molar-refractivity contribution in [1.82, 2.24) is 0 Å². The minimum Gasteiger partial charge on any atom is -0.252 e. The summed E-state index contributed by atoms with van der Waals surface area (Å²) in [6.45, 7) is 3.22. The lowest BCUT2D eigenvalue weighted by molar-refractivity contribution is 0.197. The van der Waals surface area contributed by atoms with Crippen molar-refractivity contribution < 1.29 is 16.8 Å². The molecule has 0 saturated heterocycles. The van der Waals surface area contributed by atoms with Crippen LogP contribution in [-0.2, 0) is 18.8 Å². The summed E-state index contributed by atoms with van der Waals surface area (Å²) in [7, 11) is -2.67. The Morgan fingerprint density at radius 1 is 1.33 bits per heavy atom. The molecule has 0 atom stereocenters. The smallest absolute Gasteiger partial charge is 0.252 e. The predicted octanol–water partition coefficient (Wildman–Crippen LogP) is 0.303. The van der Waals surface area contributed by atoms with Gasteiger partial charge in [-0.05, 0) is 13.8 Å². The van der Waals surface area contributed by atoms with Crippen molar-refractivity contribution in [2.45, 2.75) is 20.0 Å². The first-order valence-electron chi connectivity index (χ1n) is 2.47. The standard InChI is InChI=1S/C4H10O4S/c1-4(2)8-9(5,6)7-3/h4H,1-3H3. The lowest BCUT2D eigenvalue weighted by Crippen LogP contribution is -2.12. The Labute approximate surface area is 55.1 Å². The largest absolute Gasteiger partial charge is 0.399 e. The third kappa shape index (κ3) is 4.38. The van der Waals surface area contributed by atoms with E-state index in [0.29, 0.717) is 0 Å². The molecule has 0 spiro atoms. The normalized spacial score (nSPS) is 12.4. The fourth-order valence-corrected chi connectivity index (χ4v) is 0.825. The van der Waals surface area contributed by atoms with E-state index in [9.17, 15) is 8.42 Å². The van der Waals surface area contributed by atoms with E-state index in [2.05, 4.69) is 8.37 Å². The van der Waals surface area contributed by atoms with Crippen LogP contribution in [0.3, 0.4) is 0 Å². The second-order valence-electron chi connectivity index (χ2n) is 1.72. The maximum Gasteiger partial charge on any atom is 0.399 e. The average Bonchev–Trinajstić information content (AvgIpc) is 1.63. The average molecular weight is 154 g/mol. The lowest BCUT2D eigenvalue weighted by Gasteiger charge is -2.03. The fourth-order valence-electron chi connectivity index (χ4n) is 0.275. The first kappa shape index (κ1) is 8.87. The van der Waals surface area contributed by atoms with E-state index in [0.717, 1.165) is 7.11 Å². The van der Waals surface area contributed by atoms with Crippen LogP contribution in [0.5, 0.6) is 0 Å². The highest BCUT2D eigenvalue weighted by Gasteiger charge is 2.10. The van der Waals surface area contributed by atoms with Gasteiger partial charge >= 0.3 is 10.4 Å². The molecule has 0 saturated carbocycles. The SMILES string of the molecule is COS(=O)(=O)OC(C)C. The minimum absolute atomic E-state index is 0.366. The molecule has 0 aromatic carbocycles. The van der Waals surface area contributed by atoms with Gasteiger partial charge in [-0.1, -0.05) is 0 Å². The maximum absolute atomic E-state index is 10.4. The second-order valence-corrected chi connectivity index (χ2v) is 3.06. The summed E-state index contributed by atoms with van der Waals surface area (Å²) >= 11 is 0. The van der Waals surface area contributed by atoms with E-state index in [1.165, 1.54) is 0 Å². The summed E-state index contributed by atoms with van der Waals surface area (Å²) in [4.78, 5) is 0. The molecule has 0 aliphatic carbocycles. The minimum atomic E-state index is -3.72. The van der Waals surface area contributed by atoms with Crippen molar-refractivity contribution in [2.75, 3.05) is 7.11 Å². The van der Waals surface area contributed by atoms with Gasteiger partial charge in [-0.3, -0.25) is 4.18 Å². The Morgan fingerprint density at radius 2 is 1.78 bits per heavy atom. The van der Waals surface area contributed by atoms with E-state index in [4.69, 9.17) is 0 Å². The number of hydrogen-bond acceptors (Lipinski definition) is 4. The molecule has 0 N–H and O–H groups in total. The molecule has 0 aliphatic rings. The van der Waals surface area contributed by atoms with Crippen molar-refractivity contribution in [3.05, 3.63) is 0 Å². The van der Waals surface area contributed by atoms with Crippen LogP contribution in [0.2, 0.25) is 0 Å². The monoisotopic (exact) mass is 154 g/mol. The quantitative estimate of drug-likeness (QED) is 0.586. The van der Waals surface area contributed by atoms with Crippen LogP contribution in [-0.4, -0.2) is 21.6 Å². The molecule has 4 nitrogen and oxygen atoms in total. The van der Waals surface area contributed by atoms with E-state index < -0.39 is 10.4 Å². The molecule has 0 fully saturated rings. The Hall–Kier alpha value is -0.130. The Kier molecular flexibility index (Phi) is 3.10. The van der Waals surface area contributed by atoms with Crippen LogP contribution >= 0.6 is 0 Å². The van der Waals surface area contributed by atoms with Crippen molar-refractivity contribution in [1.29, 1.82) is 0 Å². The molecule has 56 valence electrons. The first-order valence-corrected chi connectivity index (χ1v) is 3.80. The van der Waals surface area contributed by atoms with E-state index >= 15 is 0 Å². The Bertz CT molecular complexity index is 157. The lowest BCUT2D eigenvalue weighted by atomic mass is 10.5. The van der Waals surface area contributed by atoms with Crippen LogP contribution in [0.15, 0.2) is 0 Å². The van der Waals surface area contributed by atoms with Crippen molar-refractivity contribution in [2.24, 2.45) is 0 Å². The second kappa shape index (κ2) is 3.14. The van der Waals surface area contributed by atoms with E-state index in [1.807, 2.05) is 0 Å². The topological polar surface area (TPSA) is 52.6 Å². The summed E-state index contributed by atoms with van der Waals surface area (Å²) in [6.07, 6.45) is -0.366. The zero-order valence-electron chi connectivity index (χ0n) is 5.62. The van der Waals surface area contributed by atoms with E-state index in [1.54, 1.807) is 13.8 Å². The molecular weight excluding hydrogens is 144 g/mol. The molecule has 0 unspecified atom stereocenters. The molecule has 0 bridgehead atoms. The van der Waals surface area contributed by atoms with Gasteiger partial charge in [-0.25, -0.2) is 4.18 Å². The predicted molar refractivity (Wildman–Crippen MR) is 32.1 cm³/mol. The molecule has 0 rings (SSSR count). The van der Waals surface area contributed by atoms with Gasteiger partial charge in [0.25, 0.3) is 0 Å². The maximum atomic E-state index is 10.4. The molecule has 9 heavy (non-hydrogen) atoms. The van der Waals surface area contributed by atoms with Gasteiger partial charge in [0.2, 0.25) is 0 Å². The highest BCUT2D eigenvalue weighted by Crippen LogP contribution is 1.97. The number of hydrogen-bond donors (Lipinski definition) is 0. The summed E-state index contributed by atoms with van der Waals surface area (Å²) in [5, 5.41) is 0. The molecular formula is C4H10O4S. The van der Waals surface area contributed by atoms with Crippen molar-refractivity contribution in [3.63, 3.8) is 0 Å².